The maximum atomic E-state index is 10.8. The molecule has 0 saturated heterocycles. The molecule has 5 rings (SSSR count). The second-order valence-electron chi connectivity index (χ2n) is 22.2. The normalized spacial score (nSPS) is 19.4. The highest BCUT2D eigenvalue weighted by atomic mass is 35.5. The zero-order valence-corrected chi connectivity index (χ0v) is 47.1. The lowest BCUT2D eigenvalue weighted by atomic mass is 9.68. The van der Waals surface area contributed by atoms with E-state index in [0.29, 0.717) is 17.2 Å². The van der Waals surface area contributed by atoms with Crippen molar-refractivity contribution in [1.82, 2.24) is 0 Å². The van der Waals surface area contributed by atoms with Crippen LogP contribution in [0, 0.1) is 29.6 Å². The highest BCUT2D eigenvalue weighted by Gasteiger charge is 2.45. The van der Waals surface area contributed by atoms with Crippen molar-refractivity contribution in [3.05, 3.63) is 82.0 Å². The van der Waals surface area contributed by atoms with Crippen LogP contribution in [0.2, 0.25) is 15.8 Å². The first-order valence-electron chi connectivity index (χ1n) is 26.4. The van der Waals surface area contributed by atoms with Crippen LogP contribution in [-0.4, -0.2) is 40.4 Å². The molecule has 1 aliphatic heterocycles. The summed E-state index contributed by atoms with van der Waals surface area (Å²) in [6, 6.07) is 7.87. The number of hydrogen-bond acceptors (Lipinski definition) is 4. The summed E-state index contributed by atoms with van der Waals surface area (Å²) in [5, 5.41) is 36.9. The number of allylic oxidation sites excluding steroid dienone is 5. The standard InChI is InChI=1S/2C23H34O2.3C4H9.CH2Cl2.Al/c1-5-6-7-8-9-10-17-14-20(24)22-18-13-16(2)11-12-19(18)23(3,4)25-21(22)15-17;1-5-6-7-8-9-10-18-14-21(24)23(22(25)15-18)20-13-17(4)11-12-19(20)16(2)3;3*1-4(2)3;2-1-3;/h13-15,18-19,24H,5-12H2,1-4H3;13-15,19-20,24-25H,2,5-12H2,1,3-4H3;3*4H,1H2,2-3H3;1H2;/t18-,19-;19-,20+;;;;;/m01...../s1. The molecule has 4 nitrogen and oxygen atoms in total. The molecule has 0 fully saturated rings. The van der Waals surface area contributed by atoms with Gasteiger partial charge in [-0.15, -0.1) is 23.2 Å². The summed E-state index contributed by atoms with van der Waals surface area (Å²) in [6.07, 6.45) is 23.3. The van der Waals surface area contributed by atoms with Crippen molar-refractivity contribution in [3.8, 4) is 23.0 Å². The van der Waals surface area contributed by atoms with Crippen LogP contribution in [0.3, 0.4) is 0 Å². The largest absolute Gasteiger partial charge is 0.507 e. The Morgan fingerprint density at radius 1 is 0.667 bits per heavy atom. The number of benzene rings is 2. The predicted molar refractivity (Wildman–Crippen MR) is 292 cm³/mol. The Bertz CT molecular complexity index is 1730. The Labute approximate surface area is 420 Å². The molecular formula is C59H97AlCl2O4. The van der Waals surface area contributed by atoms with Crippen molar-refractivity contribution in [2.45, 2.75) is 226 Å². The Hall–Kier alpha value is -2.03. The smallest absolute Gasteiger partial charge is 0.262 e. The van der Waals surface area contributed by atoms with Crippen molar-refractivity contribution in [1.29, 1.82) is 0 Å². The number of phenols is 3. The fourth-order valence-corrected chi connectivity index (χ4v) is 15.5. The van der Waals surface area contributed by atoms with E-state index in [-0.39, 0.29) is 40.2 Å². The second kappa shape index (κ2) is 31.3. The first-order chi connectivity index (χ1) is 31.2. The molecule has 2 aromatic rings. The SMILES string of the molecule is C=C(C)[C@H]1CCC(C)=C[C@@H]1c1c(O)cc(CCCCCCC)cc1O.CC(C)[CH2][Al]([CH2]C(C)C)[CH2]C(C)C.CCCCCCCc1cc(O)c2c(c1)OC(C)(C)[C@H]1CCC(C)=C[C@H]21.ClCCl. The topological polar surface area (TPSA) is 69.9 Å². The molecule has 0 radical (unpaired) electrons. The van der Waals surface area contributed by atoms with E-state index in [1.54, 1.807) is 15.8 Å². The molecule has 3 N–H and O–H groups in total. The number of phenolic OH excluding ortho intramolecular Hbond substituents is 3. The molecule has 3 aliphatic rings. The van der Waals surface area contributed by atoms with E-state index in [9.17, 15) is 15.3 Å². The van der Waals surface area contributed by atoms with Crippen molar-refractivity contribution in [2.24, 2.45) is 29.6 Å². The van der Waals surface area contributed by atoms with Crippen molar-refractivity contribution in [2.75, 3.05) is 5.34 Å². The number of hydrogen-bond donors (Lipinski definition) is 3. The van der Waals surface area contributed by atoms with Crippen molar-refractivity contribution >= 4 is 37.4 Å². The van der Waals surface area contributed by atoms with Crippen LogP contribution >= 0.6 is 23.2 Å². The summed E-state index contributed by atoms with van der Waals surface area (Å²) in [7, 11) is 0. The van der Waals surface area contributed by atoms with Gasteiger partial charge < -0.3 is 20.1 Å². The number of unbranched alkanes of at least 4 members (excludes halogenated alkanes) is 8. The zero-order valence-electron chi connectivity index (χ0n) is 44.4. The van der Waals surface area contributed by atoms with Crippen LogP contribution in [0.25, 0.3) is 0 Å². The molecule has 374 valence electrons. The van der Waals surface area contributed by atoms with Crippen LogP contribution in [0.5, 0.6) is 23.0 Å². The lowest BCUT2D eigenvalue weighted by molar-refractivity contribution is 0.0107. The summed E-state index contributed by atoms with van der Waals surface area (Å²) >= 11 is 9.12. The average Bonchev–Trinajstić information content (AvgIpc) is 3.20. The van der Waals surface area contributed by atoms with Gasteiger partial charge >= 0.3 is 0 Å². The molecule has 66 heavy (non-hydrogen) atoms. The van der Waals surface area contributed by atoms with E-state index >= 15 is 0 Å². The number of aromatic hydroxyl groups is 3. The van der Waals surface area contributed by atoms with E-state index in [1.807, 2.05) is 25.1 Å². The number of ether oxygens (including phenoxy) is 1. The van der Waals surface area contributed by atoms with Gasteiger partial charge in [0, 0.05) is 28.9 Å². The first-order valence-corrected chi connectivity index (χ1v) is 29.9. The lowest BCUT2D eigenvalue weighted by Gasteiger charge is -2.46. The maximum Gasteiger partial charge on any atom is 0.262 e. The van der Waals surface area contributed by atoms with Gasteiger partial charge in [-0.3, -0.25) is 0 Å². The highest BCUT2D eigenvalue weighted by molar-refractivity contribution is 6.58. The molecule has 2 aromatic carbocycles. The van der Waals surface area contributed by atoms with Gasteiger partial charge in [0.1, 0.15) is 28.6 Å². The molecule has 0 amide bonds. The Kier molecular flexibility index (Phi) is 28.5. The third kappa shape index (κ3) is 20.9. The van der Waals surface area contributed by atoms with Crippen LogP contribution in [0.15, 0.2) is 59.7 Å². The van der Waals surface area contributed by atoms with Gasteiger partial charge in [0.2, 0.25) is 0 Å². The molecular weight excluding hydrogens is 871 g/mol. The number of aryl methyl sites for hydroxylation is 2. The molecule has 0 bridgehead atoms. The summed E-state index contributed by atoms with van der Waals surface area (Å²) in [5.74, 6) is 5.58. The zero-order chi connectivity index (χ0) is 49.6. The van der Waals surface area contributed by atoms with Gasteiger partial charge in [0.05, 0.1) is 5.34 Å². The van der Waals surface area contributed by atoms with Crippen LogP contribution in [0.4, 0.5) is 0 Å². The van der Waals surface area contributed by atoms with Gasteiger partial charge in [0.15, 0.2) is 0 Å². The number of fused-ring (bicyclic) bond motifs is 3. The minimum Gasteiger partial charge on any atom is -0.507 e. The second-order valence-corrected chi connectivity index (χ2v) is 26.1. The van der Waals surface area contributed by atoms with E-state index < -0.39 is 14.1 Å². The Balaban J connectivity index is 0.000000346. The molecule has 0 unspecified atom stereocenters. The summed E-state index contributed by atoms with van der Waals surface area (Å²) < 4.78 is 6.40. The summed E-state index contributed by atoms with van der Waals surface area (Å²) in [6.45, 7) is 33.6. The minimum absolute atomic E-state index is 0.0184. The average molecular weight is 968 g/mol. The number of alkyl halides is 2. The van der Waals surface area contributed by atoms with Crippen molar-refractivity contribution in [3.63, 3.8) is 0 Å². The van der Waals surface area contributed by atoms with E-state index in [0.717, 1.165) is 85.1 Å². The fraction of sp³-hybridized carbons (Fsp3) is 0.695. The molecule has 0 spiro atoms. The van der Waals surface area contributed by atoms with Crippen LogP contribution in [-0.2, 0) is 12.8 Å². The quantitative estimate of drug-likeness (QED) is 0.0535. The van der Waals surface area contributed by atoms with Gasteiger partial charge in [-0.1, -0.05) is 176 Å². The van der Waals surface area contributed by atoms with Crippen LogP contribution < -0.4 is 4.74 Å². The van der Waals surface area contributed by atoms with E-state index in [2.05, 4.69) is 108 Å². The van der Waals surface area contributed by atoms with Crippen LogP contribution in [0.1, 0.15) is 214 Å². The van der Waals surface area contributed by atoms with Gasteiger partial charge in [-0.2, -0.15) is 0 Å². The van der Waals surface area contributed by atoms with E-state index in [1.165, 1.54) is 74.5 Å². The third-order valence-electron chi connectivity index (χ3n) is 14.0. The monoisotopic (exact) mass is 967 g/mol. The summed E-state index contributed by atoms with van der Waals surface area (Å²) in [4.78, 5) is 0. The first kappa shape index (κ1) is 60.1. The van der Waals surface area contributed by atoms with Gasteiger partial charge in [-0.05, 0) is 127 Å². The Morgan fingerprint density at radius 3 is 1.52 bits per heavy atom. The molecule has 1 heterocycles. The predicted octanol–water partition coefficient (Wildman–Crippen LogP) is 19.0. The fourth-order valence-electron chi connectivity index (χ4n) is 10.9. The van der Waals surface area contributed by atoms with Gasteiger partial charge in [-0.25, -0.2) is 0 Å². The van der Waals surface area contributed by atoms with Crippen molar-refractivity contribution < 1.29 is 20.1 Å². The highest BCUT2D eigenvalue weighted by Crippen LogP contribution is 2.53. The summed E-state index contributed by atoms with van der Waals surface area (Å²) in [5.41, 5.74) is 7.61. The third-order valence-corrected chi connectivity index (χ3v) is 18.8. The molecule has 0 saturated carbocycles. The molecule has 4 atom stereocenters. The lowest BCUT2D eigenvalue weighted by Crippen LogP contribution is -2.45. The van der Waals surface area contributed by atoms with E-state index in [4.69, 9.17) is 27.9 Å². The van der Waals surface area contributed by atoms with Gasteiger partial charge in [0.25, 0.3) is 14.1 Å². The minimum atomic E-state index is -0.407. The Morgan fingerprint density at radius 2 is 1.08 bits per heavy atom. The maximum absolute atomic E-state index is 10.8. The molecule has 2 aliphatic carbocycles. The molecule has 7 heteroatoms. The molecule has 0 aromatic heterocycles. The number of halogens is 2. The number of rotatable bonds is 20.